The molecule has 1 unspecified atom stereocenters. The van der Waals surface area contributed by atoms with Crippen LogP contribution >= 0.6 is 15.9 Å². The van der Waals surface area contributed by atoms with Crippen molar-refractivity contribution in [3.8, 4) is 0 Å². The van der Waals surface area contributed by atoms with Crippen LogP contribution in [0.4, 0.5) is 5.69 Å². The maximum Gasteiger partial charge on any atom is 0.0587 e. The minimum absolute atomic E-state index is 0.287. The van der Waals surface area contributed by atoms with Crippen molar-refractivity contribution in [2.24, 2.45) is 5.92 Å². The summed E-state index contributed by atoms with van der Waals surface area (Å²) in [5.74, 6) is 0.404. The van der Waals surface area contributed by atoms with Crippen LogP contribution in [0.2, 0.25) is 0 Å². The van der Waals surface area contributed by atoms with E-state index in [0.717, 1.165) is 50.1 Å². The largest absolute Gasteiger partial charge is 0.396 e. The Balaban J connectivity index is 1.95. The second-order valence-electron chi connectivity index (χ2n) is 5.59. The number of anilines is 1. The molecule has 5 heteroatoms. The number of hydrogen-bond donors (Lipinski definition) is 2. The Morgan fingerprint density at radius 1 is 1.48 bits per heavy atom. The first kappa shape index (κ1) is 16.7. The second-order valence-corrected chi connectivity index (χ2v) is 6.45. The van der Waals surface area contributed by atoms with Gasteiger partial charge in [0.25, 0.3) is 0 Å². The molecule has 1 heterocycles. The van der Waals surface area contributed by atoms with E-state index in [1.165, 1.54) is 11.3 Å². The van der Waals surface area contributed by atoms with E-state index < -0.39 is 0 Å². The van der Waals surface area contributed by atoms with Crippen LogP contribution < -0.4 is 10.2 Å². The number of benzene rings is 1. The van der Waals surface area contributed by atoms with Gasteiger partial charge >= 0.3 is 0 Å². The minimum Gasteiger partial charge on any atom is -0.396 e. The maximum atomic E-state index is 9.35. The van der Waals surface area contributed by atoms with E-state index in [-0.39, 0.29) is 6.61 Å². The molecule has 118 valence electrons. The third-order valence-electron chi connectivity index (χ3n) is 3.94. The van der Waals surface area contributed by atoms with Crippen LogP contribution in [0, 0.1) is 5.92 Å². The van der Waals surface area contributed by atoms with Gasteiger partial charge in [-0.3, -0.25) is 0 Å². The van der Waals surface area contributed by atoms with Gasteiger partial charge in [-0.2, -0.15) is 0 Å². The molecular weight excluding hydrogens is 332 g/mol. The van der Waals surface area contributed by atoms with Crippen LogP contribution in [0.1, 0.15) is 18.4 Å². The van der Waals surface area contributed by atoms with Gasteiger partial charge in [0.05, 0.1) is 12.3 Å². The molecule has 0 amide bonds. The summed E-state index contributed by atoms with van der Waals surface area (Å²) in [6.07, 6.45) is 2.28. The zero-order valence-electron chi connectivity index (χ0n) is 12.6. The van der Waals surface area contributed by atoms with Gasteiger partial charge in [0.2, 0.25) is 0 Å². The average Bonchev–Trinajstić information content (AvgIpc) is 2.52. The number of aliphatic hydroxyl groups excluding tert-OH is 1. The first-order chi connectivity index (χ1) is 10.2. The fourth-order valence-electron chi connectivity index (χ4n) is 2.76. The lowest BCUT2D eigenvalue weighted by molar-refractivity contribution is 0.199. The van der Waals surface area contributed by atoms with E-state index in [1.807, 2.05) is 0 Å². The summed E-state index contributed by atoms with van der Waals surface area (Å²) in [5, 5.41) is 12.7. The summed E-state index contributed by atoms with van der Waals surface area (Å²) in [6.45, 7) is 4.74. The van der Waals surface area contributed by atoms with Crippen molar-refractivity contribution >= 4 is 21.6 Å². The lowest BCUT2D eigenvalue weighted by atomic mass is 9.98. The molecule has 2 N–H and O–H groups in total. The van der Waals surface area contributed by atoms with Gasteiger partial charge in [-0.1, -0.05) is 6.07 Å². The monoisotopic (exact) mass is 356 g/mol. The molecule has 1 atom stereocenters. The second kappa shape index (κ2) is 8.73. The number of hydrogen-bond acceptors (Lipinski definition) is 4. The third-order valence-corrected chi connectivity index (χ3v) is 4.58. The van der Waals surface area contributed by atoms with E-state index >= 15 is 0 Å². The van der Waals surface area contributed by atoms with Crippen molar-refractivity contribution in [1.82, 2.24) is 5.32 Å². The molecule has 4 nitrogen and oxygen atoms in total. The highest BCUT2D eigenvalue weighted by Crippen LogP contribution is 2.30. The molecule has 0 radical (unpaired) electrons. The van der Waals surface area contributed by atoms with E-state index in [4.69, 9.17) is 4.74 Å². The molecule has 0 aliphatic carbocycles. The number of piperidine rings is 1. The van der Waals surface area contributed by atoms with Crippen LogP contribution in [0.3, 0.4) is 0 Å². The van der Waals surface area contributed by atoms with Gasteiger partial charge in [-0.15, -0.1) is 0 Å². The molecule has 1 aromatic carbocycles. The molecule has 0 spiro atoms. The lowest BCUT2D eigenvalue weighted by Crippen LogP contribution is -2.37. The lowest BCUT2D eigenvalue weighted by Gasteiger charge is -2.34. The predicted molar refractivity (Wildman–Crippen MR) is 89.7 cm³/mol. The van der Waals surface area contributed by atoms with E-state index in [9.17, 15) is 5.11 Å². The molecule has 1 aliphatic heterocycles. The van der Waals surface area contributed by atoms with Crippen LogP contribution in [0.5, 0.6) is 0 Å². The average molecular weight is 357 g/mol. The zero-order chi connectivity index (χ0) is 15.1. The van der Waals surface area contributed by atoms with Crippen molar-refractivity contribution in [2.45, 2.75) is 19.4 Å². The van der Waals surface area contributed by atoms with Gasteiger partial charge in [0.1, 0.15) is 0 Å². The Morgan fingerprint density at radius 3 is 3.05 bits per heavy atom. The van der Waals surface area contributed by atoms with E-state index in [0.29, 0.717) is 5.92 Å². The number of halogens is 1. The Hall–Kier alpha value is -0.620. The Kier molecular flexibility index (Phi) is 6.96. The van der Waals surface area contributed by atoms with Crippen LogP contribution in [-0.2, 0) is 11.3 Å². The number of aliphatic hydroxyl groups is 1. The summed E-state index contributed by atoms with van der Waals surface area (Å²) in [4.78, 5) is 2.37. The summed E-state index contributed by atoms with van der Waals surface area (Å²) in [6, 6.07) is 6.53. The fourth-order valence-corrected chi connectivity index (χ4v) is 3.43. The topological polar surface area (TPSA) is 44.7 Å². The van der Waals surface area contributed by atoms with Crippen LogP contribution in [-0.4, -0.2) is 45.1 Å². The van der Waals surface area contributed by atoms with Crippen LogP contribution in [0.25, 0.3) is 0 Å². The standard InChI is InChI=1S/C16H25BrN2O2/c1-21-8-6-18-10-13-4-5-16(15(17)9-13)19-7-2-3-14(11-19)12-20/h4-5,9,14,18,20H,2-3,6-8,10-12H2,1H3. The predicted octanol–water partition coefficient (Wildman–Crippen LogP) is 2.39. The highest BCUT2D eigenvalue weighted by atomic mass is 79.9. The number of rotatable bonds is 7. The molecule has 0 aromatic heterocycles. The third kappa shape index (κ3) is 4.95. The Labute approximate surface area is 135 Å². The molecule has 1 saturated heterocycles. The van der Waals surface area contributed by atoms with Crippen molar-refractivity contribution in [3.63, 3.8) is 0 Å². The smallest absolute Gasteiger partial charge is 0.0587 e. The normalized spacial score (nSPS) is 19.0. The van der Waals surface area contributed by atoms with Gasteiger partial charge in [0.15, 0.2) is 0 Å². The van der Waals surface area contributed by atoms with Crippen molar-refractivity contribution < 1.29 is 9.84 Å². The Morgan fingerprint density at radius 2 is 2.33 bits per heavy atom. The number of nitrogens with one attached hydrogen (secondary N) is 1. The fraction of sp³-hybridized carbons (Fsp3) is 0.625. The first-order valence-electron chi connectivity index (χ1n) is 7.58. The zero-order valence-corrected chi connectivity index (χ0v) is 14.2. The summed E-state index contributed by atoms with van der Waals surface area (Å²) in [7, 11) is 1.71. The summed E-state index contributed by atoms with van der Waals surface area (Å²) < 4.78 is 6.16. The van der Waals surface area contributed by atoms with Gasteiger partial charge < -0.3 is 20.1 Å². The Bertz CT molecular complexity index is 442. The number of ether oxygens (including phenoxy) is 1. The van der Waals surface area contributed by atoms with Crippen molar-refractivity contribution in [3.05, 3.63) is 28.2 Å². The minimum atomic E-state index is 0.287. The molecule has 0 saturated carbocycles. The van der Waals surface area contributed by atoms with Crippen molar-refractivity contribution in [2.75, 3.05) is 44.9 Å². The SMILES string of the molecule is COCCNCc1ccc(N2CCCC(CO)C2)c(Br)c1. The molecular formula is C16H25BrN2O2. The number of nitrogens with zero attached hydrogens (tertiary/aromatic N) is 1. The molecule has 1 aromatic rings. The highest BCUT2D eigenvalue weighted by Gasteiger charge is 2.20. The summed E-state index contributed by atoms with van der Waals surface area (Å²) in [5.41, 5.74) is 2.49. The van der Waals surface area contributed by atoms with E-state index in [1.54, 1.807) is 7.11 Å². The molecule has 1 fully saturated rings. The molecule has 0 bridgehead atoms. The van der Waals surface area contributed by atoms with Crippen molar-refractivity contribution in [1.29, 1.82) is 0 Å². The quantitative estimate of drug-likeness (QED) is 0.736. The number of methoxy groups -OCH3 is 1. The van der Waals surface area contributed by atoms with E-state index in [2.05, 4.69) is 44.3 Å². The maximum absolute atomic E-state index is 9.35. The van der Waals surface area contributed by atoms with Gasteiger partial charge in [-0.25, -0.2) is 0 Å². The summed E-state index contributed by atoms with van der Waals surface area (Å²) >= 11 is 3.69. The molecule has 2 rings (SSSR count). The van der Waals surface area contributed by atoms with Gasteiger partial charge in [-0.05, 0) is 52.4 Å². The highest BCUT2D eigenvalue weighted by molar-refractivity contribution is 9.10. The molecule has 1 aliphatic rings. The van der Waals surface area contributed by atoms with Gasteiger partial charge in [0, 0.05) is 44.4 Å². The molecule has 21 heavy (non-hydrogen) atoms. The van der Waals surface area contributed by atoms with Crippen LogP contribution in [0.15, 0.2) is 22.7 Å². The first-order valence-corrected chi connectivity index (χ1v) is 8.37.